The van der Waals surface area contributed by atoms with Gasteiger partial charge >= 0.3 is 0 Å². The summed E-state index contributed by atoms with van der Waals surface area (Å²) in [5.74, 6) is 0.456. The van der Waals surface area contributed by atoms with E-state index in [0.29, 0.717) is 15.5 Å². The van der Waals surface area contributed by atoms with Gasteiger partial charge in [0.1, 0.15) is 0 Å². The topological polar surface area (TPSA) is 34.4 Å². The lowest BCUT2D eigenvalue weighted by Crippen LogP contribution is -2.38. The summed E-state index contributed by atoms with van der Waals surface area (Å²) in [6, 6.07) is 24.7. The molecule has 1 aliphatic heterocycles. The Hall–Kier alpha value is -3.21. The normalized spacial score (nSPS) is 17.1. The van der Waals surface area contributed by atoms with Gasteiger partial charge in [-0.25, -0.2) is 4.99 Å². The Morgan fingerprint density at radius 1 is 1.00 bits per heavy atom. The van der Waals surface area contributed by atoms with Crippen molar-refractivity contribution in [1.82, 2.24) is 4.57 Å². The van der Waals surface area contributed by atoms with E-state index in [2.05, 4.69) is 62.4 Å². The number of aromatic nitrogens is 1. The molecular formula is C30H25ClN2OS. The number of hydrogen-bond acceptors (Lipinski definition) is 3. The Morgan fingerprint density at radius 3 is 2.51 bits per heavy atom. The molecular weight excluding hydrogens is 472 g/mol. The summed E-state index contributed by atoms with van der Waals surface area (Å²) >= 11 is 7.84. The van der Waals surface area contributed by atoms with E-state index < -0.39 is 0 Å². The van der Waals surface area contributed by atoms with Crippen LogP contribution in [0.25, 0.3) is 11.8 Å². The zero-order valence-electron chi connectivity index (χ0n) is 19.7. The Labute approximate surface area is 213 Å². The van der Waals surface area contributed by atoms with Crippen molar-refractivity contribution in [3.8, 4) is 0 Å². The van der Waals surface area contributed by atoms with Gasteiger partial charge in [0, 0.05) is 10.6 Å². The summed E-state index contributed by atoms with van der Waals surface area (Å²) in [5, 5.41) is 0.632. The molecule has 0 bridgehead atoms. The second kappa shape index (κ2) is 8.78. The molecule has 4 aromatic rings. The highest BCUT2D eigenvalue weighted by Crippen LogP contribution is 2.41. The highest BCUT2D eigenvalue weighted by molar-refractivity contribution is 7.07. The van der Waals surface area contributed by atoms with Crippen molar-refractivity contribution < 1.29 is 0 Å². The first-order chi connectivity index (χ1) is 17.0. The van der Waals surface area contributed by atoms with Crippen LogP contribution >= 0.6 is 22.9 Å². The fourth-order valence-corrected chi connectivity index (χ4v) is 6.30. The largest absolute Gasteiger partial charge is 0.272 e. The molecule has 0 saturated heterocycles. The predicted octanol–water partition coefficient (Wildman–Crippen LogP) is 6.10. The smallest absolute Gasteiger partial charge is 0.271 e. The fraction of sp³-hybridized carbons (Fsp3) is 0.200. The van der Waals surface area contributed by atoms with Gasteiger partial charge in [0.25, 0.3) is 5.56 Å². The summed E-state index contributed by atoms with van der Waals surface area (Å²) in [6.45, 7) is 4.40. The summed E-state index contributed by atoms with van der Waals surface area (Å²) in [5.41, 5.74) is 7.99. The number of thiazole rings is 1. The van der Waals surface area contributed by atoms with Crippen molar-refractivity contribution in [2.24, 2.45) is 4.99 Å². The first kappa shape index (κ1) is 22.3. The number of nitrogens with zero attached hydrogens (tertiary/aromatic N) is 2. The molecule has 5 heteroatoms. The maximum atomic E-state index is 13.8. The van der Waals surface area contributed by atoms with Crippen LogP contribution < -0.4 is 14.9 Å². The molecule has 174 valence electrons. The number of rotatable bonds is 3. The van der Waals surface area contributed by atoms with Crippen molar-refractivity contribution in [3.05, 3.63) is 131 Å². The second-order valence-corrected chi connectivity index (χ2v) is 10.9. The summed E-state index contributed by atoms with van der Waals surface area (Å²) in [7, 11) is 0. The van der Waals surface area contributed by atoms with E-state index in [4.69, 9.17) is 16.6 Å². The van der Waals surface area contributed by atoms with E-state index in [9.17, 15) is 4.79 Å². The number of fused-ring (bicyclic) bond motifs is 3. The molecule has 1 unspecified atom stereocenters. The molecule has 3 aromatic carbocycles. The molecule has 0 N–H and O–H groups in total. The van der Waals surface area contributed by atoms with Crippen molar-refractivity contribution in [2.45, 2.75) is 38.6 Å². The first-order valence-electron chi connectivity index (χ1n) is 12.0. The molecule has 0 saturated carbocycles. The van der Waals surface area contributed by atoms with Gasteiger partial charge in [-0.2, -0.15) is 0 Å². The fourth-order valence-electron chi connectivity index (χ4n) is 5.12. The number of hydrogen-bond donors (Lipinski definition) is 0. The minimum absolute atomic E-state index is 0.0167. The van der Waals surface area contributed by atoms with E-state index in [0.717, 1.165) is 34.5 Å². The van der Waals surface area contributed by atoms with Gasteiger partial charge in [-0.3, -0.25) is 9.36 Å². The molecule has 3 nitrogen and oxygen atoms in total. The van der Waals surface area contributed by atoms with Gasteiger partial charge in [0.2, 0.25) is 0 Å². The highest BCUT2D eigenvalue weighted by atomic mass is 35.5. The summed E-state index contributed by atoms with van der Waals surface area (Å²) < 4.78 is 2.54. The number of allylic oxidation sites excluding steroid dienone is 1. The van der Waals surface area contributed by atoms with E-state index in [1.54, 1.807) is 0 Å². The first-order valence-corrected chi connectivity index (χ1v) is 13.2. The Bertz CT molecular complexity index is 1660. The van der Waals surface area contributed by atoms with Crippen LogP contribution in [-0.4, -0.2) is 4.57 Å². The Balaban J connectivity index is 1.61. The van der Waals surface area contributed by atoms with Crippen molar-refractivity contribution in [3.63, 3.8) is 0 Å². The third kappa shape index (κ3) is 3.81. The molecule has 2 aliphatic rings. The van der Waals surface area contributed by atoms with E-state index in [-0.39, 0.29) is 11.6 Å². The van der Waals surface area contributed by atoms with Crippen LogP contribution in [0, 0.1) is 0 Å². The van der Waals surface area contributed by atoms with Gasteiger partial charge in [0.15, 0.2) is 4.80 Å². The monoisotopic (exact) mass is 496 g/mol. The molecule has 0 amide bonds. The zero-order chi connectivity index (χ0) is 24.1. The predicted molar refractivity (Wildman–Crippen MR) is 145 cm³/mol. The second-order valence-electron chi connectivity index (χ2n) is 9.46. The number of aryl methyl sites for hydroxylation is 1. The van der Waals surface area contributed by atoms with Crippen LogP contribution in [-0.2, 0) is 6.42 Å². The van der Waals surface area contributed by atoms with E-state index in [1.807, 2.05) is 34.9 Å². The quantitative estimate of drug-likeness (QED) is 0.337. The lowest BCUT2D eigenvalue weighted by Gasteiger charge is -2.31. The minimum Gasteiger partial charge on any atom is -0.272 e. The van der Waals surface area contributed by atoms with Crippen LogP contribution in [0.5, 0.6) is 0 Å². The minimum atomic E-state index is -0.163. The standard InChI is InChI=1S/C30H25ClN2OS/c1-18(2)19-11-13-21(14-12-19)28-24-16-15-20-7-3-5-9-23(20)27(24)32-30-33(28)29(34)26(35-30)17-22-8-4-6-10-25(22)31/h3-14,17-18,28H,15-16H2,1-2H3. The maximum Gasteiger partial charge on any atom is 0.271 e. The Morgan fingerprint density at radius 2 is 1.74 bits per heavy atom. The molecule has 2 heterocycles. The third-order valence-electron chi connectivity index (χ3n) is 6.98. The molecule has 0 spiro atoms. The van der Waals surface area contributed by atoms with Gasteiger partial charge in [-0.1, -0.05) is 104 Å². The van der Waals surface area contributed by atoms with E-state index in [1.165, 1.54) is 33.6 Å². The van der Waals surface area contributed by atoms with Gasteiger partial charge in [-0.15, -0.1) is 0 Å². The molecule has 35 heavy (non-hydrogen) atoms. The van der Waals surface area contributed by atoms with E-state index >= 15 is 0 Å². The van der Waals surface area contributed by atoms with Crippen molar-refractivity contribution >= 4 is 34.7 Å². The van der Waals surface area contributed by atoms with Crippen molar-refractivity contribution in [1.29, 1.82) is 0 Å². The molecule has 6 rings (SSSR count). The molecule has 1 aromatic heterocycles. The van der Waals surface area contributed by atoms with Crippen LogP contribution in [0.4, 0.5) is 0 Å². The number of benzene rings is 3. The number of halogens is 1. The molecule has 0 radical (unpaired) electrons. The average molecular weight is 497 g/mol. The van der Waals surface area contributed by atoms with Crippen LogP contribution in [0.3, 0.4) is 0 Å². The van der Waals surface area contributed by atoms with Gasteiger partial charge in [0.05, 0.1) is 16.3 Å². The van der Waals surface area contributed by atoms with Crippen molar-refractivity contribution in [2.75, 3.05) is 0 Å². The third-order valence-corrected chi connectivity index (χ3v) is 8.31. The van der Waals surface area contributed by atoms with Gasteiger partial charge in [-0.05, 0) is 58.7 Å². The summed E-state index contributed by atoms with van der Waals surface area (Å²) in [4.78, 5) is 19.6. The van der Waals surface area contributed by atoms with Crippen LogP contribution in [0.15, 0.2) is 88.2 Å². The highest BCUT2D eigenvalue weighted by Gasteiger charge is 2.32. The molecule has 0 fully saturated rings. The average Bonchev–Trinajstić information content (AvgIpc) is 3.18. The zero-order valence-corrected chi connectivity index (χ0v) is 21.2. The SMILES string of the molecule is CC(C)c1ccc(C2C3=C(N=c4sc(=Cc5ccccc5Cl)c(=O)n42)c2ccccc2CC3)cc1. The lowest BCUT2D eigenvalue weighted by molar-refractivity contribution is 0.585. The van der Waals surface area contributed by atoms with Gasteiger partial charge < -0.3 is 0 Å². The molecule has 1 aliphatic carbocycles. The van der Waals surface area contributed by atoms with Crippen LogP contribution in [0.1, 0.15) is 60.0 Å². The lowest BCUT2D eigenvalue weighted by atomic mass is 9.83. The maximum absolute atomic E-state index is 13.8. The van der Waals surface area contributed by atoms with Crippen LogP contribution in [0.2, 0.25) is 5.02 Å². The molecule has 1 atom stereocenters. The summed E-state index contributed by atoms with van der Waals surface area (Å²) in [6.07, 6.45) is 3.73. The Kier molecular flexibility index (Phi) is 5.58.